The van der Waals surface area contributed by atoms with Crippen LogP contribution in [0.2, 0.25) is 0 Å². The van der Waals surface area contributed by atoms with Crippen molar-refractivity contribution in [2.24, 2.45) is 0 Å². The van der Waals surface area contributed by atoms with E-state index in [-0.39, 0.29) is 0 Å². The van der Waals surface area contributed by atoms with E-state index < -0.39 is 5.97 Å². The van der Waals surface area contributed by atoms with Crippen LogP contribution >= 0.6 is 0 Å². The second kappa shape index (κ2) is 4.42. The molecule has 2 heteroatoms. The molecule has 2 rings (SSSR count). The standard InChI is InChI=1S/C15H14O2/c1-10(11(2)15(16)17)13-8-7-12-5-3-4-6-14(12)9-13/h3-9H,1-2H3,(H,16,17). The number of allylic oxidation sites excluding steroid dienone is 1. The van der Waals surface area contributed by atoms with Gasteiger partial charge in [-0.15, -0.1) is 0 Å². The zero-order chi connectivity index (χ0) is 12.4. The first-order chi connectivity index (χ1) is 8.09. The highest BCUT2D eigenvalue weighted by molar-refractivity contribution is 5.96. The Bertz CT molecular complexity index is 609. The van der Waals surface area contributed by atoms with Crippen LogP contribution in [0.5, 0.6) is 0 Å². The van der Waals surface area contributed by atoms with Crippen molar-refractivity contribution in [1.29, 1.82) is 0 Å². The topological polar surface area (TPSA) is 37.3 Å². The number of hydrogen-bond donors (Lipinski definition) is 1. The molecule has 0 unspecified atom stereocenters. The van der Waals surface area contributed by atoms with Crippen LogP contribution in [0.15, 0.2) is 48.0 Å². The quantitative estimate of drug-likeness (QED) is 0.792. The summed E-state index contributed by atoms with van der Waals surface area (Å²) >= 11 is 0. The number of benzene rings is 2. The van der Waals surface area contributed by atoms with Crippen molar-refractivity contribution in [1.82, 2.24) is 0 Å². The molecular formula is C15H14O2. The van der Waals surface area contributed by atoms with Gasteiger partial charge in [0.05, 0.1) is 0 Å². The van der Waals surface area contributed by atoms with Crippen LogP contribution in [0.25, 0.3) is 16.3 Å². The van der Waals surface area contributed by atoms with Gasteiger partial charge in [0.15, 0.2) is 0 Å². The minimum Gasteiger partial charge on any atom is -0.478 e. The van der Waals surface area contributed by atoms with Gasteiger partial charge in [0, 0.05) is 5.57 Å². The highest BCUT2D eigenvalue weighted by Gasteiger charge is 2.07. The van der Waals surface area contributed by atoms with Crippen LogP contribution < -0.4 is 0 Å². The first-order valence-corrected chi connectivity index (χ1v) is 5.49. The SMILES string of the molecule is CC(C(=O)O)=C(C)c1ccc2ccccc2c1. The summed E-state index contributed by atoms with van der Waals surface area (Å²) in [6.07, 6.45) is 0. The average Bonchev–Trinajstić information content (AvgIpc) is 2.36. The normalized spacial score (nSPS) is 12.4. The van der Waals surface area contributed by atoms with E-state index in [0.29, 0.717) is 5.57 Å². The summed E-state index contributed by atoms with van der Waals surface area (Å²) in [4.78, 5) is 10.9. The lowest BCUT2D eigenvalue weighted by atomic mass is 9.99. The molecule has 0 aliphatic rings. The number of carboxylic acid groups (broad SMARTS) is 1. The van der Waals surface area contributed by atoms with Gasteiger partial charge < -0.3 is 5.11 Å². The lowest BCUT2D eigenvalue weighted by Crippen LogP contribution is -1.99. The van der Waals surface area contributed by atoms with Crippen molar-refractivity contribution in [3.63, 3.8) is 0 Å². The molecule has 0 bridgehead atoms. The van der Waals surface area contributed by atoms with E-state index in [9.17, 15) is 4.79 Å². The number of hydrogen-bond acceptors (Lipinski definition) is 1. The number of carboxylic acids is 1. The first-order valence-electron chi connectivity index (χ1n) is 5.49. The molecule has 0 atom stereocenters. The summed E-state index contributed by atoms with van der Waals surface area (Å²) < 4.78 is 0. The molecule has 0 saturated heterocycles. The molecule has 2 aromatic rings. The highest BCUT2D eigenvalue weighted by Crippen LogP contribution is 2.23. The maximum Gasteiger partial charge on any atom is 0.331 e. The Morgan fingerprint density at radius 3 is 2.29 bits per heavy atom. The smallest absolute Gasteiger partial charge is 0.331 e. The van der Waals surface area contributed by atoms with Crippen molar-refractivity contribution in [3.8, 4) is 0 Å². The fourth-order valence-corrected chi connectivity index (χ4v) is 1.80. The van der Waals surface area contributed by atoms with Gasteiger partial charge in [0.25, 0.3) is 0 Å². The van der Waals surface area contributed by atoms with Gasteiger partial charge in [-0.25, -0.2) is 4.79 Å². The van der Waals surface area contributed by atoms with E-state index in [1.807, 2.05) is 49.4 Å². The molecule has 0 fully saturated rings. The van der Waals surface area contributed by atoms with Crippen molar-refractivity contribution < 1.29 is 9.90 Å². The van der Waals surface area contributed by atoms with Crippen LogP contribution in [-0.2, 0) is 4.79 Å². The molecule has 17 heavy (non-hydrogen) atoms. The predicted octanol–water partition coefficient (Wildman–Crippen LogP) is 3.72. The molecular weight excluding hydrogens is 212 g/mol. The summed E-state index contributed by atoms with van der Waals surface area (Å²) in [5.41, 5.74) is 2.16. The number of rotatable bonds is 2. The van der Waals surface area contributed by atoms with Crippen LogP contribution in [0.3, 0.4) is 0 Å². The summed E-state index contributed by atoms with van der Waals surface area (Å²) in [6, 6.07) is 14.1. The minimum absolute atomic E-state index is 0.389. The molecule has 0 aromatic heterocycles. The Kier molecular flexibility index (Phi) is 2.96. The Morgan fingerprint density at radius 1 is 1.00 bits per heavy atom. The Morgan fingerprint density at radius 2 is 1.65 bits per heavy atom. The summed E-state index contributed by atoms with van der Waals surface area (Å²) in [6.45, 7) is 3.47. The molecule has 86 valence electrons. The summed E-state index contributed by atoms with van der Waals surface area (Å²) in [7, 11) is 0. The predicted molar refractivity (Wildman–Crippen MR) is 69.9 cm³/mol. The fourth-order valence-electron chi connectivity index (χ4n) is 1.80. The number of aliphatic carboxylic acids is 1. The Labute approximate surface area is 100 Å². The molecule has 0 spiro atoms. The summed E-state index contributed by atoms with van der Waals surface area (Å²) in [5.74, 6) is -0.865. The van der Waals surface area contributed by atoms with E-state index in [1.165, 1.54) is 0 Å². The molecule has 0 amide bonds. The molecule has 2 aromatic carbocycles. The van der Waals surface area contributed by atoms with Crippen LogP contribution in [0, 0.1) is 0 Å². The molecule has 1 N–H and O–H groups in total. The lowest BCUT2D eigenvalue weighted by molar-refractivity contribution is -0.132. The van der Waals surface area contributed by atoms with Gasteiger partial charge in [-0.05, 0) is 41.8 Å². The summed E-state index contributed by atoms with van der Waals surface area (Å²) in [5, 5.41) is 11.3. The monoisotopic (exact) mass is 226 g/mol. The molecule has 0 aliphatic carbocycles. The second-order valence-corrected chi connectivity index (χ2v) is 4.12. The van der Waals surface area contributed by atoms with E-state index in [0.717, 1.165) is 21.9 Å². The van der Waals surface area contributed by atoms with Gasteiger partial charge in [-0.1, -0.05) is 36.4 Å². The third kappa shape index (κ3) is 2.21. The van der Waals surface area contributed by atoms with Crippen LogP contribution in [0.1, 0.15) is 19.4 Å². The number of carbonyl (C=O) groups is 1. The van der Waals surface area contributed by atoms with Crippen LogP contribution in [0.4, 0.5) is 0 Å². The number of fused-ring (bicyclic) bond motifs is 1. The van der Waals surface area contributed by atoms with Crippen molar-refractivity contribution >= 4 is 22.3 Å². The maximum atomic E-state index is 10.9. The molecule has 0 heterocycles. The Balaban J connectivity index is 2.57. The zero-order valence-electron chi connectivity index (χ0n) is 9.90. The Hall–Kier alpha value is -2.09. The van der Waals surface area contributed by atoms with E-state index in [2.05, 4.69) is 0 Å². The van der Waals surface area contributed by atoms with E-state index in [1.54, 1.807) is 6.92 Å². The molecule has 0 saturated carbocycles. The average molecular weight is 226 g/mol. The maximum absolute atomic E-state index is 10.9. The third-order valence-corrected chi connectivity index (χ3v) is 3.07. The van der Waals surface area contributed by atoms with Gasteiger partial charge in [0.2, 0.25) is 0 Å². The first kappa shape index (κ1) is 11.4. The van der Waals surface area contributed by atoms with Gasteiger partial charge in [0.1, 0.15) is 0 Å². The highest BCUT2D eigenvalue weighted by atomic mass is 16.4. The molecule has 0 aliphatic heterocycles. The zero-order valence-corrected chi connectivity index (χ0v) is 9.90. The van der Waals surface area contributed by atoms with Gasteiger partial charge in [-0.2, -0.15) is 0 Å². The lowest BCUT2D eigenvalue weighted by Gasteiger charge is -2.06. The third-order valence-electron chi connectivity index (χ3n) is 3.07. The minimum atomic E-state index is -0.865. The van der Waals surface area contributed by atoms with Crippen molar-refractivity contribution in [3.05, 3.63) is 53.6 Å². The van der Waals surface area contributed by atoms with Crippen molar-refractivity contribution in [2.75, 3.05) is 0 Å². The molecule has 2 nitrogen and oxygen atoms in total. The van der Waals surface area contributed by atoms with E-state index in [4.69, 9.17) is 5.11 Å². The van der Waals surface area contributed by atoms with Gasteiger partial charge in [-0.3, -0.25) is 0 Å². The second-order valence-electron chi connectivity index (χ2n) is 4.12. The van der Waals surface area contributed by atoms with Crippen molar-refractivity contribution in [2.45, 2.75) is 13.8 Å². The van der Waals surface area contributed by atoms with Crippen LogP contribution in [-0.4, -0.2) is 11.1 Å². The van der Waals surface area contributed by atoms with Gasteiger partial charge >= 0.3 is 5.97 Å². The van der Waals surface area contributed by atoms with E-state index >= 15 is 0 Å². The largest absolute Gasteiger partial charge is 0.478 e. The fraction of sp³-hybridized carbons (Fsp3) is 0.133. The molecule has 0 radical (unpaired) electrons.